The lowest BCUT2D eigenvalue weighted by atomic mass is 9.99. The topological polar surface area (TPSA) is 61.0 Å². The first-order valence-electron chi connectivity index (χ1n) is 6.46. The second-order valence-corrected chi connectivity index (χ2v) is 4.51. The first-order valence-corrected chi connectivity index (χ1v) is 6.46. The fraction of sp³-hybridized carbons (Fsp3) is 0.333. The summed E-state index contributed by atoms with van der Waals surface area (Å²) in [6.07, 6.45) is 8.03. The van der Waals surface area contributed by atoms with Gasteiger partial charge in [0, 0.05) is 18.6 Å². The third kappa shape index (κ3) is 3.29. The standard InChI is InChI=1S/C15H19N3O/c1-3-6-19-13-7-12(8-18-9-13)15(16)14-10-17-5-4-11(14)2/h4-5,7-10,15H,3,6,16H2,1-2H3. The average molecular weight is 257 g/mol. The molecule has 0 bridgehead atoms. The van der Waals surface area contributed by atoms with Crippen molar-refractivity contribution in [1.82, 2.24) is 9.97 Å². The minimum atomic E-state index is -0.230. The molecule has 2 N–H and O–H groups in total. The van der Waals surface area contributed by atoms with E-state index in [0.29, 0.717) is 6.61 Å². The number of nitrogens with zero attached hydrogens (tertiary/aromatic N) is 2. The summed E-state index contributed by atoms with van der Waals surface area (Å²) >= 11 is 0. The highest BCUT2D eigenvalue weighted by atomic mass is 16.5. The molecule has 1 unspecified atom stereocenters. The summed E-state index contributed by atoms with van der Waals surface area (Å²) in [7, 11) is 0. The summed E-state index contributed by atoms with van der Waals surface area (Å²) in [5, 5.41) is 0. The molecule has 0 spiro atoms. The zero-order valence-corrected chi connectivity index (χ0v) is 11.3. The predicted octanol–water partition coefficient (Wildman–Crippen LogP) is 2.62. The average Bonchev–Trinajstić information content (AvgIpc) is 2.45. The Bertz CT molecular complexity index is 542. The first-order chi connectivity index (χ1) is 9.22. The summed E-state index contributed by atoms with van der Waals surface area (Å²) in [5.41, 5.74) is 9.35. The third-order valence-corrected chi connectivity index (χ3v) is 2.98. The Labute approximate surface area is 113 Å². The van der Waals surface area contributed by atoms with Crippen LogP contribution in [0.5, 0.6) is 5.75 Å². The number of hydrogen-bond donors (Lipinski definition) is 1. The van der Waals surface area contributed by atoms with Gasteiger partial charge in [0.15, 0.2) is 0 Å². The van der Waals surface area contributed by atoms with Gasteiger partial charge in [0.1, 0.15) is 5.75 Å². The molecule has 0 aliphatic carbocycles. The first kappa shape index (κ1) is 13.5. The zero-order valence-electron chi connectivity index (χ0n) is 11.3. The minimum Gasteiger partial charge on any atom is -0.492 e. The van der Waals surface area contributed by atoms with Crippen molar-refractivity contribution in [3.63, 3.8) is 0 Å². The van der Waals surface area contributed by atoms with Gasteiger partial charge in [0.2, 0.25) is 0 Å². The van der Waals surface area contributed by atoms with E-state index in [4.69, 9.17) is 10.5 Å². The van der Waals surface area contributed by atoms with Crippen molar-refractivity contribution >= 4 is 0 Å². The van der Waals surface area contributed by atoms with E-state index < -0.39 is 0 Å². The van der Waals surface area contributed by atoms with Crippen LogP contribution in [0.3, 0.4) is 0 Å². The summed E-state index contributed by atoms with van der Waals surface area (Å²) in [6.45, 7) is 4.79. The van der Waals surface area contributed by atoms with Crippen molar-refractivity contribution in [2.24, 2.45) is 5.73 Å². The van der Waals surface area contributed by atoms with Crippen molar-refractivity contribution in [3.8, 4) is 5.75 Å². The van der Waals surface area contributed by atoms with Crippen LogP contribution in [0.25, 0.3) is 0 Å². The maximum Gasteiger partial charge on any atom is 0.137 e. The zero-order chi connectivity index (χ0) is 13.7. The van der Waals surface area contributed by atoms with Crippen LogP contribution in [0, 0.1) is 6.92 Å². The van der Waals surface area contributed by atoms with E-state index >= 15 is 0 Å². The van der Waals surface area contributed by atoms with E-state index in [2.05, 4.69) is 16.9 Å². The Morgan fingerprint density at radius 1 is 1.26 bits per heavy atom. The molecule has 1 atom stereocenters. The predicted molar refractivity (Wildman–Crippen MR) is 75.0 cm³/mol. The molecule has 4 nitrogen and oxygen atoms in total. The second-order valence-electron chi connectivity index (χ2n) is 4.51. The van der Waals surface area contributed by atoms with E-state index in [9.17, 15) is 0 Å². The Morgan fingerprint density at radius 3 is 2.84 bits per heavy atom. The quantitative estimate of drug-likeness (QED) is 0.894. The molecule has 100 valence electrons. The number of hydrogen-bond acceptors (Lipinski definition) is 4. The number of nitrogens with two attached hydrogens (primary N) is 1. The normalized spacial score (nSPS) is 12.2. The van der Waals surface area contributed by atoms with E-state index in [1.54, 1.807) is 24.8 Å². The summed E-state index contributed by atoms with van der Waals surface area (Å²) in [5.74, 6) is 0.761. The molecule has 2 aromatic heterocycles. The van der Waals surface area contributed by atoms with E-state index in [-0.39, 0.29) is 6.04 Å². The van der Waals surface area contributed by atoms with Crippen LogP contribution in [0.2, 0.25) is 0 Å². The van der Waals surface area contributed by atoms with Crippen LogP contribution in [-0.4, -0.2) is 16.6 Å². The Kier molecular flexibility index (Phi) is 4.47. The van der Waals surface area contributed by atoms with Crippen molar-refractivity contribution in [2.45, 2.75) is 26.3 Å². The molecule has 19 heavy (non-hydrogen) atoms. The second kappa shape index (κ2) is 6.29. The van der Waals surface area contributed by atoms with E-state index in [1.807, 2.05) is 19.1 Å². The van der Waals surface area contributed by atoms with Gasteiger partial charge in [-0.3, -0.25) is 9.97 Å². The van der Waals surface area contributed by atoms with Gasteiger partial charge in [-0.05, 0) is 42.2 Å². The maximum atomic E-state index is 6.28. The molecule has 2 heterocycles. The number of pyridine rings is 2. The third-order valence-electron chi connectivity index (χ3n) is 2.98. The monoisotopic (exact) mass is 257 g/mol. The van der Waals surface area contributed by atoms with Crippen LogP contribution in [-0.2, 0) is 0 Å². The van der Waals surface area contributed by atoms with E-state index in [0.717, 1.165) is 28.9 Å². The molecular weight excluding hydrogens is 238 g/mol. The largest absolute Gasteiger partial charge is 0.492 e. The van der Waals surface area contributed by atoms with Crippen LogP contribution in [0.15, 0.2) is 36.9 Å². The van der Waals surface area contributed by atoms with Crippen molar-refractivity contribution < 1.29 is 4.74 Å². The smallest absolute Gasteiger partial charge is 0.137 e. The highest BCUT2D eigenvalue weighted by molar-refractivity contribution is 5.35. The lowest BCUT2D eigenvalue weighted by Crippen LogP contribution is -2.14. The van der Waals surface area contributed by atoms with E-state index in [1.165, 1.54) is 0 Å². The van der Waals surface area contributed by atoms with Gasteiger partial charge < -0.3 is 10.5 Å². The van der Waals surface area contributed by atoms with Gasteiger partial charge in [-0.15, -0.1) is 0 Å². The van der Waals surface area contributed by atoms with Crippen LogP contribution in [0.1, 0.15) is 36.1 Å². The number of ether oxygens (including phenoxy) is 1. The molecule has 2 rings (SSSR count). The van der Waals surface area contributed by atoms with Crippen molar-refractivity contribution in [2.75, 3.05) is 6.61 Å². The summed E-state index contributed by atoms with van der Waals surface area (Å²) < 4.78 is 5.58. The molecule has 0 aromatic carbocycles. The molecule has 0 saturated heterocycles. The number of aromatic nitrogens is 2. The Morgan fingerprint density at radius 2 is 2.11 bits per heavy atom. The molecule has 4 heteroatoms. The SMILES string of the molecule is CCCOc1cncc(C(N)c2cnccc2C)c1. The van der Waals surface area contributed by atoms with Gasteiger partial charge in [-0.1, -0.05) is 6.92 Å². The Hall–Kier alpha value is -1.94. The number of rotatable bonds is 5. The molecule has 0 radical (unpaired) electrons. The molecule has 0 aliphatic heterocycles. The van der Waals surface area contributed by atoms with Gasteiger partial charge >= 0.3 is 0 Å². The molecular formula is C15H19N3O. The molecule has 0 saturated carbocycles. The Balaban J connectivity index is 2.24. The molecule has 0 amide bonds. The van der Waals surface area contributed by atoms with Gasteiger partial charge in [-0.25, -0.2) is 0 Å². The minimum absolute atomic E-state index is 0.230. The molecule has 0 aliphatic rings. The van der Waals surface area contributed by atoms with Gasteiger partial charge in [-0.2, -0.15) is 0 Å². The fourth-order valence-corrected chi connectivity index (χ4v) is 1.89. The van der Waals surface area contributed by atoms with Crippen LogP contribution in [0.4, 0.5) is 0 Å². The van der Waals surface area contributed by atoms with Crippen molar-refractivity contribution in [1.29, 1.82) is 0 Å². The van der Waals surface area contributed by atoms with Crippen LogP contribution < -0.4 is 10.5 Å². The highest BCUT2D eigenvalue weighted by Crippen LogP contribution is 2.23. The lowest BCUT2D eigenvalue weighted by Gasteiger charge is -2.15. The number of aryl methyl sites for hydroxylation is 1. The maximum absolute atomic E-state index is 6.28. The fourth-order valence-electron chi connectivity index (χ4n) is 1.89. The highest BCUT2D eigenvalue weighted by Gasteiger charge is 2.12. The van der Waals surface area contributed by atoms with Gasteiger partial charge in [0.05, 0.1) is 18.8 Å². The summed E-state index contributed by atoms with van der Waals surface area (Å²) in [4.78, 5) is 8.32. The molecule has 0 fully saturated rings. The van der Waals surface area contributed by atoms with Gasteiger partial charge in [0.25, 0.3) is 0 Å². The molecule has 2 aromatic rings. The summed E-state index contributed by atoms with van der Waals surface area (Å²) in [6, 6.07) is 3.67. The lowest BCUT2D eigenvalue weighted by molar-refractivity contribution is 0.315. The van der Waals surface area contributed by atoms with Crippen LogP contribution >= 0.6 is 0 Å². The van der Waals surface area contributed by atoms with Crippen molar-refractivity contribution in [3.05, 3.63) is 53.6 Å².